The summed E-state index contributed by atoms with van der Waals surface area (Å²) < 4.78 is 0. The number of para-hydroxylation sites is 1. The van der Waals surface area contributed by atoms with Gasteiger partial charge >= 0.3 is 0 Å². The summed E-state index contributed by atoms with van der Waals surface area (Å²) in [5, 5.41) is 12.9. The van der Waals surface area contributed by atoms with Crippen molar-refractivity contribution in [3.05, 3.63) is 88.5 Å². The Kier molecular flexibility index (Phi) is 9.07. The van der Waals surface area contributed by atoms with Gasteiger partial charge in [0.25, 0.3) is 0 Å². The number of hydrogen-bond donors (Lipinski definition) is 1. The van der Waals surface area contributed by atoms with Crippen LogP contribution in [-0.2, 0) is 16.0 Å². The minimum atomic E-state index is -0.192. The summed E-state index contributed by atoms with van der Waals surface area (Å²) >= 11 is 0. The van der Waals surface area contributed by atoms with Crippen LogP contribution in [0.25, 0.3) is 0 Å². The van der Waals surface area contributed by atoms with Gasteiger partial charge in [-0.2, -0.15) is 0 Å². The second-order valence-electron chi connectivity index (χ2n) is 12.6. The third kappa shape index (κ3) is 7.11. The summed E-state index contributed by atoms with van der Waals surface area (Å²) in [6.45, 7) is 20.2. The van der Waals surface area contributed by atoms with Crippen molar-refractivity contribution in [3.63, 3.8) is 0 Å². The van der Waals surface area contributed by atoms with Crippen molar-refractivity contribution in [2.75, 3.05) is 0 Å². The third-order valence-electron chi connectivity index (χ3n) is 7.22. The molecule has 0 fully saturated rings. The Morgan fingerprint density at radius 3 is 2.08 bits per heavy atom. The zero-order valence-corrected chi connectivity index (χ0v) is 25.4. The number of phenols is 1. The Bertz CT molecular complexity index is 1230. The van der Waals surface area contributed by atoms with E-state index in [4.69, 9.17) is 4.99 Å². The first-order valence-electron chi connectivity index (χ1n) is 13.6. The van der Waals surface area contributed by atoms with Gasteiger partial charge in [0.1, 0.15) is 5.75 Å². The van der Waals surface area contributed by atoms with Crippen molar-refractivity contribution in [3.8, 4) is 5.75 Å². The van der Waals surface area contributed by atoms with E-state index < -0.39 is 0 Å². The molecule has 0 heterocycles. The first-order chi connectivity index (χ1) is 17.3. The largest absolute Gasteiger partial charge is 0.507 e. The zero-order valence-electron chi connectivity index (χ0n) is 24.4. The maximum Gasteiger partial charge on any atom is 0.123 e. The molecule has 2 nitrogen and oxygen atoms in total. The molecule has 3 rings (SSSR count). The molecule has 0 saturated heterocycles. The number of hydrogen-bond acceptors (Lipinski definition) is 2. The van der Waals surface area contributed by atoms with Crippen molar-refractivity contribution < 1.29 is 5.11 Å². The average Bonchev–Trinajstić information content (AvgIpc) is 2.82. The van der Waals surface area contributed by atoms with E-state index in [-0.39, 0.29) is 16.0 Å². The first-order valence-corrected chi connectivity index (χ1v) is 14.6. The van der Waals surface area contributed by atoms with E-state index >= 15 is 0 Å². The lowest BCUT2D eigenvalue weighted by atomic mass is 9.77. The van der Waals surface area contributed by atoms with Crippen molar-refractivity contribution >= 4 is 25.8 Å². The quantitative estimate of drug-likeness (QED) is 0.235. The molecule has 3 aromatic carbocycles. The maximum absolute atomic E-state index is 11.8. The van der Waals surface area contributed by atoms with Gasteiger partial charge in [-0.15, -0.1) is 0 Å². The second kappa shape index (κ2) is 11.5. The Balaban J connectivity index is 2.19. The molecule has 2 atom stereocenters. The smallest absolute Gasteiger partial charge is 0.123 e. The van der Waals surface area contributed by atoms with Crippen LogP contribution in [0.15, 0.2) is 65.7 Å². The van der Waals surface area contributed by atoms with Crippen LogP contribution in [-0.4, -0.2) is 11.3 Å². The van der Waals surface area contributed by atoms with Crippen LogP contribution in [0.2, 0.25) is 0 Å². The summed E-state index contributed by atoms with van der Waals surface area (Å²) in [7, 11) is 0.506. The normalized spacial score (nSPS) is 14.5. The minimum Gasteiger partial charge on any atom is -0.507 e. The average molecular weight is 516 g/mol. The lowest BCUT2D eigenvalue weighted by molar-refractivity contribution is 0.425. The summed E-state index contributed by atoms with van der Waals surface area (Å²) in [6, 6.07) is 21.1. The number of aliphatic imine (C=N–C) groups is 1. The van der Waals surface area contributed by atoms with Gasteiger partial charge < -0.3 is 5.11 Å². The highest BCUT2D eigenvalue weighted by atomic mass is 31.1. The molecule has 0 aliphatic heterocycles. The minimum absolute atomic E-state index is 0.00655. The van der Waals surface area contributed by atoms with Crippen molar-refractivity contribution in [2.45, 2.75) is 97.6 Å². The first kappa shape index (κ1) is 29.1. The number of phenolic OH excluding ortho intramolecular Hbond substituents is 1. The van der Waals surface area contributed by atoms with Crippen LogP contribution in [0.3, 0.4) is 0 Å². The molecule has 0 radical (unpaired) electrons. The molecule has 37 heavy (non-hydrogen) atoms. The van der Waals surface area contributed by atoms with E-state index in [1.54, 1.807) is 0 Å². The summed E-state index contributed by atoms with van der Waals surface area (Å²) in [5.74, 6) is 0.472. The van der Waals surface area contributed by atoms with Crippen LogP contribution < -0.4 is 5.30 Å². The molecule has 2 unspecified atom stereocenters. The van der Waals surface area contributed by atoms with Crippen LogP contribution in [0.1, 0.15) is 102 Å². The molecular weight excluding hydrogens is 469 g/mol. The van der Waals surface area contributed by atoms with Crippen LogP contribution in [0.4, 0.5) is 5.69 Å². The Morgan fingerprint density at radius 1 is 0.838 bits per heavy atom. The van der Waals surface area contributed by atoms with Crippen LogP contribution in [0, 0.1) is 6.92 Å². The van der Waals surface area contributed by atoms with Gasteiger partial charge in [0.15, 0.2) is 0 Å². The van der Waals surface area contributed by atoms with Gasteiger partial charge in [0.2, 0.25) is 0 Å². The summed E-state index contributed by atoms with van der Waals surface area (Å²) in [4.78, 5) is 4.78. The van der Waals surface area contributed by atoms with Crippen molar-refractivity contribution in [1.29, 1.82) is 0 Å². The van der Waals surface area contributed by atoms with Gasteiger partial charge in [-0.25, -0.2) is 0 Å². The molecule has 198 valence electrons. The molecule has 0 aromatic heterocycles. The molecule has 0 spiro atoms. The number of benzene rings is 3. The SMILES string of the molecule is CCCCC(C)(Pc1c(C)cccc1C=Nc1ccccc1)c1cc(C(C)(C)C)cc(C(C)(C)C)c1O. The number of aromatic hydroxyl groups is 1. The van der Waals surface area contributed by atoms with E-state index in [1.165, 1.54) is 16.4 Å². The van der Waals surface area contributed by atoms with Gasteiger partial charge in [-0.3, -0.25) is 4.99 Å². The Hall–Kier alpha value is -2.44. The lowest BCUT2D eigenvalue weighted by Crippen LogP contribution is -2.25. The predicted molar refractivity (Wildman–Crippen MR) is 165 cm³/mol. The molecule has 0 saturated carbocycles. The topological polar surface area (TPSA) is 32.6 Å². The highest BCUT2D eigenvalue weighted by Gasteiger charge is 2.35. The van der Waals surface area contributed by atoms with E-state index in [2.05, 4.69) is 92.6 Å². The number of rotatable bonds is 8. The molecule has 0 aliphatic carbocycles. The molecule has 1 N–H and O–H groups in total. The van der Waals surface area contributed by atoms with Gasteiger partial charge in [-0.05, 0) is 58.3 Å². The van der Waals surface area contributed by atoms with Gasteiger partial charge in [0, 0.05) is 22.5 Å². The lowest BCUT2D eigenvalue weighted by Gasteiger charge is -2.36. The highest BCUT2D eigenvalue weighted by molar-refractivity contribution is 7.49. The Labute approximate surface area is 227 Å². The molecule has 0 aliphatic rings. The standard InChI is InChI=1S/C34H46NOP/c1-10-11-20-34(9,29-22-26(32(3,4)5)21-28(30(29)36)33(6,7)8)37-31-24(2)16-15-17-25(31)23-35-27-18-13-12-14-19-27/h12-19,21-23,36-37H,10-11,20H2,1-9H3. The van der Waals surface area contributed by atoms with E-state index in [0.29, 0.717) is 14.3 Å². The maximum atomic E-state index is 11.8. The monoisotopic (exact) mass is 515 g/mol. The van der Waals surface area contributed by atoms with Crippen molar-refractivity contribution in [2.24, 2.45) is 4.99 Å². The molecule has 3 heteroatoms. The van der Waals surface area contributed by atoms with Gasteiger partial charge in [0.05, 0.1) is 5.69 Å². The fourth-order valence-corrected chi connectivity index (χ4v) is 6.51. The fourth-order valence-electron chi connectivity index (χ4n) is 4.76. The summed E-state index contributed by atoms with van der Waals surface area (Å²) in [5.41, 5.74) is 6.65. The molecule has 0 bridgehead atoms. The van der Waals surface area contributed by atoms with Crippen molar-refractivity contribution in [1.82, 2.24) is 0 Å². The number of unbranched alkanes of at least 4 members (excludes halogenated alkanes) is 1. The Morgan fingerprint density at radius 2 is 1.49 bits per heavy atom. The third-order valence-corrected chi connectivity index (χ3v) is 9.23. The zero-order chi connectivity index (χ0) is 27.4. The molecule has 0 amide bonds. The van der Waals surface area contributed by atoms with E-state index in [1.807, 2.05) is 36.5 Å². The fraction of sp³-hybridized carbons (Fsp3) is 0.441. The van der Waals surface area contributed by atoms with Crippen LogP contribution in [0.5, 0.6) is 5.75 Å². The number of aryl methyl sites for hydroxylation is 1. The second-order valence-corrected chi connectivity index (χ2v) is 14.5. The highest BCUT2D eigenvalue weighted by Crippen LogP contribution is 2.52. The molecular formula is C34H46NOP. The predicted octanol–water partition coefficient (Wildman–Crippen LogP) is 9.46. The molecule has 3 aromatic rings. The van der Waals surface area contributed by atoms with E-state index in [9.17, 15) is 5.11 Å². The van der Waals surface area contributed by atoms with E-state index in [0.717, 1.165) is 41.6 Å². The summed E-state index contributed by atoms with van der Waals surface area (Å²) in [6.07, 6.45) is 5.28. The van der Waals surface area contributed by atoms with Gasteiger partial charge in [-0.1, -0.05) is 125 Å². The number of nitrogens with zero attached hydrogens (tertiary/aromatic N) is 1. The van der Waals surface area contributed by atoms with Crippen LogP contribution >= 0.6 is 8.58 Å².